The molecule has 1 aromatic heterocycles. The second kappa shape index (κ2) is 5.76. The van der Waals surface area contributed by atoms with Gasteiger partial charge in [-0.3, -0.25) is 10.1 Å². The molecule has 0 aliphatic rings. The molecule has 114 valence electrons. The third kappa shape index (κ3) is 2.49. The van der Waals surface area contributed by atoms with E-state index < -0.39 is 0 Å². The van der Waals surface area contributed by atoms with E-state index in [2.05, 4.69) is 22.4 Å². The number of rotatable bonds is 2. The average Bonchev–Trinajstić information content (AvgIpc) is 3.04. The van der Waals surface area contributed by atoms with Crippen LogP contribution in [-0.2, 0) is 0 Å². The predicted molar refractivity (Wildman–Crippen MR) is 96.2 cm³/mol. The van der Waals surface area contributed by atoms with Crippen molar-refractivity contribution in [2.24, 2.45) is 0 Å². The molecule has 1 heterocycles. The molecule has 5 heteroatoms. The van der Waals surface area contributed by atoms with E-state index in [1.54, 1.807) is 24.3 Å². The standard InChI is InChI=1S/C19H11N3OS/c20-11-12-5-7-14(8-6-12)18(23)22-19-21-16-10-9-13-3-1-2-4-15(13)17(16)24-19/h1-10H,(H,21,22,23). The van der Waals surface area contributed by atoms with Gasteiger partial charge in [-0.05, 0) is 35.7 Å². The van der Waals surface area contributed by atoms with Crippen molar-refractivity contribution in [3.8, 4) is 6.07 Å². The van der Waals surface area contributed by atoms with Crippen LogP contribution in [-0.4, -0.2) is 10.9 Å². The molecule has 0 unspecified atom stereocenters. The molecule has 4 rings (SSSR count). The monoisotopic (exact) mass is 329 g/mol. The topological polar surface area (TPSA) is 65.8 Å². The van der Waals surface area contributed by atoms with Crippen LogP contribution in [0.3, 0.4) is 0 Å². The number of benzene rings is 3. The average molecular weight is 329 g/mol. The van der Waals surface area contributed by atoms with Crippen LogP contribution in [0.5, 0.6) is 0 Å². The minimum absolute atomic E-state index is 0.233. The van der Waals surface area contributed by atoms with Gasteiger partial charge < -0.3 is 0 Å². The minimum Gasteiger partial charge on any atom is -0.298 e. The summed E-state index contributed by atoms with van der Waals surface area (Å²) in [6.07, 6.45) is 0. The van der Waals surface area contributed by atoms with E-state index in [0.717, 1.165) is 21.0 Å². The maximum absolute atomic E-state index is 12.3. The number of anilines is 1. The Morgan fingerprint density at radius 2 is 1.83 bits per heavy atom. The number of nitrogens with zero attached hydrogens (tertiary/aromatic N) is 2. The zero-order valence-electron chi connectivity index (χ0n) is 12.5. The molecule has 0 atom stereocenters. The lowest BCUT2D eigenvalue weighted by atomic mass is 10.1. The highest BCUT2D eigenvalue weighted by molar-refractivity contribution is 7.23. The van der Waals surface area contributed by atoms with Crippen molar-refractivity contribution >= 4 is 43.4 Å². The molecule has 0 aliphatic carbocycles. The van der Waals surface area contributed by atoms with Gasteiger partial charge >= 0.3 is 0 Å². The van der Waals surface area contributed by atoms with Gasteiger partial charge in [0.05, 0.1) is 21.8 Å². The highest BCUT2D eigenvalue weighted by Crippen LogP contribution is 2.32. The number of fused-ring (bicyclic) bond motifs is 3. The Labute approximate surface area is 142 Å². The van der Waals surface area contributed by atoms with E-state index in [1.807, 2.05) is 30.3 Å². The Bertz CT molecular complexity index is 1110. The van der Waals surface area contributed by atoms with Gasteiger partial charge in [-0.15, -0.1) is 0 Å². The number of amides is 1. The third-order valence-corrected chi connectivity index (χ3v) is 4.80. The van der Waals surface area contributed by atoms with Crippen LogP contribution in [0, 0.1) is 11.3 Å². The zero-order valence-corrected chi connectivity index (χ0v) is 13.3. The highest BCUT2D eigenvalue weighted by Gasteiger charge is 2.11. The summed E-state index contributed by atoms with van der Waals surface area (Å²) in [4.78, 5) is 16.8. The SMILES string of the molecule is N#Cc1ccc(C(=O)Nc2nc3ccc4ccccc4c3s2)cc1. The molecule has 0 spiro atoms. The van der Waals surface area contributed by atoms with Crippen LogP contribution in [0.2, 0.25) is 0 Å². The van der Waals surface area contributed by atoms with E-state index in [0.29, 0.717) is 16.3 Å². The van der Waals surface area contributed by atoms with Crippen molar-refractivity contribution in [1.82, 2.24) is 4.98 Å². The van der Waals surface area contributed by atoms with Crippen LogP contribution in [0.15, 0.2) is 60.7 Å². The Morgan fingerprint density at radius 3 is 2.62 bits per heavy atom. The largest absolute Gasteiger partial charge is 0.298 e. The number of hydrogen-bond acceptors (Lipinski definition) is 4. The number of hydrogen-bond donors (Lipinski definition) is 1. The first-order chi connectivity index (χ1) is 11.7. The zero-order chi connectivity index (χ0) is 16.5. The van der Waals surface area contributed by atoms with Gasteiger partial charge in [0.25, 0.3) is 5.91 Å². The Balaban J connectivity index is 1.68. The first-order valence-corrected chi connectivity index (χ1v) is 8.16. The smallest absolute Gasteiger partial charge is 0.257 e. The van der Waals surface area contributed by atoms with Crippen LogP contribution in [0.25, 0.3) is 21.0 Å². The molecule has 24 heavy (non-hydrogen) atoms. The van der Waals surface area contributed by atoms with E-state index in [9.17, 15) is 4.79 Å². The first-order valence-electron chi connectivity index (χ1n) is 7.34. The summed E-state index contributed by atoms with van der Waals surface area (Å²) < 4.78 is 1.06. The molecule has 4 aromatic rings. The third-order valence-electron chi connectivity index (χ3n) is 3.78. The van der Waals surface area contributed by atoms with Crippen LogP contribution >= 0.6 is 11.3 Å². The predicted octanol–water partition coefficient (Wildman–Crippen LogP) is 4.57. The maximum atomic E-state index is 12.3. The summed E-state index contributed by atoms with van der Waals surface area (Å²) in [5, 5.41) is 14.5. The highest BCUT2D eigenvalue weighted by atomic mass is 32.1. The second-order valence-electron chi connectivity index (χ2n) is 5.30. The number of aromatic nitrogens is 1. The fraction of sp³-hybridized carbons (Fsp3) is 0. The van der Waals surface area contributed by atoms with E-state index in [-0.39, 0.29) is 5.91 Å². The number of thiazole rings is 1. The fourth-order valence-electron chi connectivity index (χ4n) is 2.57. The summed E-state index contributed by atoms with van der Waals surface area (Å²) in [6.45, 7) is 0. The summed E-state index contributed by atoms with van der Waals surface area (Å²) in [5.74, 6) is -0.233. The second-order valence-corrected chi connectivity index (χ2v) is 6.30. The molecule has 0 fully saturated rings. The van der Waals surface area contributed by atoms with Crippen LogP contribution in [0.1, 0.15) is 15.9 Å². The molecule has 0 saturated carbocycles. The van der Waals surface area contributed by atoms with Crippen molar-refractivity contribution < 1.29 is 4.79 Å². The Morgan fingerprint density at radius 1 is 1.04 bits per heavy atom. The van der Waals surface area contributed by atoms with Crippen molar-refractivity contribution in [2.75, 3.05) is 5.32 Å². The number of nitriles is 1. The van der Waals surface area contributed by atoms with Crippen molar-refractivity contribution in [2.45, 2.75) is 0 Å². The van der Waals surface area contributed by atoms with E-state index >= 15 is 0 Å². The molecule has 3 aromatic carbocycles. The molecular weight excluding hydrogens is 318 g/mol. The van der Waals surface area contributed by atoms with Crippen molar-refractivity contribution in [3.63, 3.8) is 0 Å². The summed E-state index contributed by atoms with van der Waals surface area (Å²) in [7, 11) is 0. The molecule has 0 bridgehead atoms. The lowest BCUT2D eigenvalue weighted by Gasteiger charge is -2.01. The van der Waals surface area contributed by atoms with Crippen molar-refractivity contribution in [1.29, 1.82) is 5.26 Å². The lowest BCUT2D eigenvalue weighted by Crippen LogP contribution is -2.11. The molecule has 0 radical (unpaired) electrons. The van der Waals surface area contributed by atoms with Gasteiger partial charge in [-0.2, -0.15) is 5.26 Å². The summed E-state index contributed by atoms with van der Waals surface area (Å²) in [6, 6.07) is 20.7. The number of nitrogens with one attached hydrogen (secondary N) is 1. The summed E-state index contributed by atoms with van der Waals surface area (Å²) in [5.41, 5.74) is 1.89. The fourth-order valence-corrected chi connectivity index (χ4v) is 3.57. The Kier molecular flexibility index (Phi) is 3.45. The van der Waals surface area contributed by atoms with E-state index in [4.69, 9.17) is 5.26 Å². The molecule has 1 amide bonds. The van der Waals surface area contributed by atoms with Gasteiger partial charge in [-0.25, -0.2) is 4.98 Å². The number of carbonyl (C=O) groups excluding carboxylic acids is 1. The lowest BCUT2D eigenvalue weighted by molar-refractivity contribution is 0.102. The Hall–Kier alpha value is -3.23. The van der Waals surface area contributed by atoms with Gasteiger partial charge in [-0.1, -0.05) is 41.7 Å². The molecule has 4 nitrogen and oxygen atoms in total. The van der Waals surface area contributed by atoms with Crippen LogP contribution in [0.4, 0.5) is 5.13 Å². The van der Waals surface area contributed by atoms with Crippen molar-refractivity contribution in [3.05, 3.63) is 71.8 Å². The number of carbonyl (C=O) groups is 1. The molecular formula is C19H11N3OS. The maximum Gasteiger partial charge on any atom is 0.257 e. The van der Waals surface area contributed by atoms with E-state index in [1.165, 1.54) is 11.3 Å². The van der Waals surface area contributed by atoms with Gasteiger partial charge in [0.1, 0.15) is 0 Å². The van der Waals surface area contributed by atoms with Crippen LogP contribution < -0.4 is 5.32 Å². The quantitative estimate of drug-likeness (QED) is 0.585. The normalized spacial score (nSPS) is 10.6. The molecule has 0 aliphatic heterocycles. The molecule has 0 saturated heterocycles. The first kappa shape index (κ1) is 14.4. The summed E-state index contributed by atoms with van der Waals surface area (Å²) >= 11 is 1.46. The van der Waals surface area contributed by atoms with Gasteiger partial charge in [0.15, 0.2) is 5.13 Å². The molecule has 1 N–H and O–H groups in total. The minimum atomic E-state index is -0.233. The van der Waals surface area contributed by atoms with Gasteiger partial charge in [0, 0.05) is 10.9 Å². The van der Waals surface area contributed by atoms with Gasteiger partial charge in [0.2, 0.25) is 0 Å².